The fourth-order valence-electron chi connectivity index (χ4n) is 8.63. The molecule has 0 saturated carbocycles. The third-order valence-electron chi connectivity index (χ3n) is 12.8. The van der Waals surface area contributed by atoms with E-state index >= 15 is 0 Å². The molecule has 1 aliphatic heterocycles. The number of esters is 4. The van der Waals surface area contributed by atoms with Gasteiger partial charge in [0, 0.05) is 25.7 Å². The third-order valence-corrected chi connectivity index (χ3v) is 13.2. The largest absolute Gasteiger partial charge is 0.463 e. The molecule has 0 aliphatic carbocycles. The normalized spacial score (nSPS) is 18.5. The van der Waals surface area contributed by atoms with Crippen molar-refractivity contribution in [2.45, 2.75) is 314 Å². The zero-order valence-corrected chi connectivity index (χ0v) is 42.9. The summed E-state index contributed by atoms with van der Waals surface area (Å²) in [5.41, 5.74) is -0.995. The Morgan fingerprint density at radius 1 is 0.344 bits per heavy atom. The quantitative estimate of drug-likeness (QED) is 0.0276. The fourth-order valence-corrected chi connectivity index (χ4v) is 9.02. The summed E-state index contributed by atoms with van der Waals surface area (Å²) >= 11 is 4.72. The van der Waals surface area contributed by atoms with Crippen molar-refractivity contribution in [3.63, 3.8) is 0 Å². The van der Waals surface area contributed by atoms with Crippen LogP contribution in [0.2, 0.25) is 0 Å². The van der Waals surface area contributed by atoms with E-state index in [1.54, 1.807) is 0 Å². The molecule has 1 heterocycles. The smallest absolute Gasteiger partial charge is 0.306 e. The van der Waals surface area contributed by atoms with Crippen LogP contribution in [0.4, 0.5) is 0 Å². The van der Waals surface area contributed by atoms with E-state index in [1.807, 2.05) is 0 Å². The van der Waals surface area contributed by atoms with Crippen molar-refractivity contribution in [1.29, 1.82) is 0 Å². The van der Waals surface area contributed by atoms with E-state index in [0.717, 1.165) is 77.0 Å². The summed E-state index contributed by atoms with van der Waals surface area (Å²) in [5, 5.41) is 0. The summed E-state index contributed by atoms with van der Waals surface area (Å²) in [6, 6.07) is 0. The van der Waals surface area contributed by atoms with Crippen molar-refractivity contribution in [3.05, 3.63) is 0 Å². The summed E-state index contributed by atoms with van der Waals surface area (Å²) in [6.45, 7) is 8.69. The molecule has 1 aliphatic rings. The Kier molecular flexibility index (Phi) is 41.1. The number of thiol groups is 1. The van der Waals surface area contributed by atoms with Gasteiger partial charge in [0.1, 0.15) is 18.1 Å². The Hall–Kier alpha value is -1.81. The lowest BCUT2D eigenvalue weighted by Gasteiger charge is -2.43. The maximum Gasteiger partial charge on any atom is 0.306 e. The van der Waals surface area contributed by atoms with Crippen LogP contribution in [0.5, 0.6) is 0 Å². The molecule has 0 aromatic carbocycles. The van der Waals surface area contributed by atoms with Gasteiger partial charge in [-0.2, -0.15) is 0 Å². The molecule has 1 unspecified atom stereocenters. The average molecular weight is 925 g/mol. The van der Waals surface area contributed by atoms with Gasteiger partial charge in [-0.3, -0.25) is 19.2 Å². The SMILES string of the molecule is CCCCCCCCCCCC(=O)OC[C@H]1OC(S)[C@H](OC(=O)CCCCCCCCCCC)[C@@H](OC(=O)CCCCCCCCCCC)[C@H]1OC(=O)CCCCCCCCCCC. The van der Waals surface area contributed by atoms with E-state index in [9.17, 15) is 19.2 Å². The predicted octanol–water partition coefficient (Wildman–Crippen LogP) is 15.6. The number of rotatable bonds is 45. The number of carbonyl (C=O) groups is 4. The van der Waals surface area contributed by atoms with Crippen LogP contribution >= 0.6 is 12.6 Å². The fraction of sp³-hybridized carbons (Fsp3) is 0.926. The van der Waals surface area contributed by atoms with Crippen LogP contribution in [0.25, 0.3) is 0 Å². The van der Waals surface area contributed by atoms with Crippen molar-refractivity contribution in [3.8, 4) is 0 Å². The molecule has 1 fully saturated rings. The number of hydrogen-bond donors (Lipinski definition) is 1. The Morgan fingerprint density at radius 2 is 0.594 bits per heavy atom. The lowest BCUT2D eigenvalue weighted by molar-refractivity contribution is -0.239. The van der Waals surface area contributed by atoms with Gasteiger partial charge in [-0.15, -0.1) is 12.6 Å². The molecule has 0 radical (unpaired) electrons. The zero-order valence-electron chi connectivity index (χ0n) is 42.0. The zero-order chi connectivity index (χ0) is 46.7. The minimum atomic E-state index is -1.16. The predicted molar refractivity (Wildman–Crippen MR) is 266 cm³/mol. The molecular weight excluding hydrogens is 825 g/mol. The second-order valence-electron chi connectivity index (χ2n) is 18.9. The number of unbranched alkanes of at least 4 members (excludes halogenated alkanes) is 32. The monoisotopic (exact) mass is 925 g/mol. The minimum absolute atomic E-state index is 0.195. The molecule has 64 heavy (non-hydrogen) atoms. The van der Waals surface area contributed by atoms with Gasteiger partial charge >= 0.3 is 23.9 Å². The number of hydrogen-bond acceptors (Lipinski definition) is 10. The Labute approximate surface area is 398 Å². The van der Waals surface area contributed by atoms with E-state index in [4.69, 9.17) is 36.3 Å². The highest BCUT2D eigenvalue weighted by molar-refractivity contribution is 7.80. The molecule has 0 amide bonds. The van der Waals surface area contributed by atoms with Gasteiger partial charge in [0.15, 0.2) is 18.3 Å². The molecule has 0 N–H and O–H groups in total. The first kappa shape index (κ1) is 60.2. The van der Waals surface area contributed by atoms with Gasteiger partial charge in [0.25, 0.3) is 0 Å². The lowest BCUT2D eigenvalue weighted by atomic mass is 9.98. The van der Waals surface area contributed by atoms with Crippen LogP contribution in [0.1, 0.15) is 285 Å². The van der Waals surface area contributed by atoms with Gasteiger partial charge in [0.2, 0.25) is 0 Å². The summed E-state index contributed by atoms with van der Waals surface area (Å²) < 4.78 is 30.4. The van der Waals surface area contributed by atoms with E-state index < -0.39 is 47.8 Å². The number of ether oxygens (including phenoxy) is 5. The minimum Gasteiger partial charge on any atom is -0.463 e. The van der Waals surface area contributed by atoms with Crippen molar-refractivity contribution < 1.29 is 42.9 Å². The molecule has 0 aromatic heterocycles. The second-order valence-corrected chi connectivity index (χ2v) is 19.4. The summed E-state index contributed by atoms with van der Waals surface area (Å²) in [5.74, 6) is -1.67. The van der Waals surface area contributed by atoms with E-state index in [2.05, 4.69) is 27.7 Å². The highest BCUT2D eigenvalue weighted by Gasteiger charge is 2.51. The van der Waals surface area contributed by atoms with Crippen molar-refractivity contribution in [2.24, 2.45) is 0 Å². The van der Waals surface area contributed by atoms with Crippen molar-refractivity contribution in [1.82, 2.24) is 0 Å². The first-order valence-corrected chi connectivity index (χ1v) is 27.9. The average Bonchev–Trinajstić information content (AvgIpc) is 3.28. The van der Waals surface area contributed by atoms with E-state index in [0.29, 0.717) is 19.3 Å². The summed E-state index contributed by atoms with van der Waals surface area (Å²) in [4.78, 5) is 53.5. The maximum atomic E-state index is 13.6. The van der Waals surface area contributed by atoms with Crippen LogP contribution in [0.3, 0.4) is 0 Å². The molecule has 10 heteroatoms. The molecule has 0 aromatic rings. The third kappa shape index (κ3) is 33.6. The lowest BCUT2D eigenvalue weighted by Crippen LogP contribution is -2.61. The van der Waals surface area contributed by atoms with Crippen LogP contribution in [-0.4, -0.2) is 60.3 Å². The van der Waals surface area contributed by atoms with E-state index in [1.165, 1.54) is 135 Å². The van der Waals surface area contributed by atoms with Crippen LogP contribution in [0, 0.1) is 0 Å². The molecule has 5 atom stereocenters. The van der Waals surface area contributed by atoms with Crippen LogP contribution in [-0.2, 0) is 42.9 Å². The van der Waals surface area contributed by atoms with Crippen molar-refractivity contribution in [2.75, 3.05) is 6.61 Å². The summed E-state index contributed by atoms with van der Waals surface area (Å²) in [7, 11) is 0. The number of carbonyl (C=O) groups excluding carboxylic acids is 4. The highest BCUT2D eigenvalue weighted by Crippen LogP contribution is 2.32. The molecule has 9 nitrogen and oxygen atoms in total. The summed E-state index contributed by atoms with van der Waals surface area (Å²) in [6.07, 6.45) is 37.0. The molecule has 1 rings (SSSR count). The molecule has 376 valence electrons. The first-order chi connectivity index (χ1) is 31.3. The van der Waals surface area contributed by atoms with Gasteiger partial charge < -0.3 is 23.7 Å². The topological polar surface area (TPSA) is 114 Å². The maximum absolute atomic E-state index is 13.6. The van der Waals surface area contributed by atoms with Gasteiger partial charge in [-0.25, -0.2) is 0 Å². The molecular formula is C54H100O9S. The Balaban J connectivity index is 3.03. The van der Waals surface area contributed by atoms with E-state index in [-0.39, 0.29) is 38.3 Å². The standard InChI is InChI=1S/C54H100O9S/c1-5-9-13-17-21-25-29-33-37-41-47(55)59-45-46-51(61-48(56)42-38-34-30-26-22-18-14-10-6-2)52(62-49(57)43-39-35-31-27-23-19-15-11-7-3)53(54(64)60-46)63-50(58)44-40-36-32-28-24-20-16-12-8-4/h46,51-54,64H,5-45H2,1-4H3/t46-,51+,52+,53-,54?/m1/s1. The highest BCUT2D eigenvalue weighted by atomic mass is 32.1. The van der Waals surface area contributed by atoms with Gasteiger partial charge in [-0.05, 0) is 25.7 Å². The Morgan fingerprint density at radius 3 is 0.906 bits per heavy atom. The van der Waals surface area contributed by atoms with Crippen LogP contribution in [0.15, 0.2) is 0 Å². The first-order valence-electron chi connectivity index (χ1n) is 27.3. The second kappa shape index (κ2) is 43.7. The molecule has 0 bridgehead atoms. The van der Waals surface area contributed by atoms with Gasteiger partial charge in [0.05, 0.1) is 0 Å². The van der Waals surface area contributed by atoms with Gasteiger partial charge in [-0.1, -0.05) is 233 Å². The van der Waals surface area contributed by atoms with Crippen LogP contribution < -0.4 is 0 Å². The molecule has 1 saturated heterocycles. The van der Waals surface area contributed by atoms with Crippen molar-refractivity contribution >= 4 is 36.5 Å². The molecule has 0 spiro atoms. The Bertz CT molecular complexity index is 1120.